The summed E-state index contributed by atoms with van der Waals surface area (Å²) in [6.07, 6.45) is 0.793. The Hall–Kier alpha value is -2.65. The van der Waals surface area contributed by atoms with Crippen molar-refractivity contribution in [1.29, 1.82) is 0 Å². The molecular weight excluding hydrogens is 400 g/mol. The number of rotatable bonds is 9. The minimum Gasteiger partial charge on any atom is -0.385 e. The van der Waals surface area contributed by atoms with E-state index in [1.807, 2.05) is 46.8 Å². The number of nitrogens with zero attached hydrogens (tertiary/aromatic N) is 4. The number of methoxy groups -OCH3 is 1. The van der Waals surface area contributed by atoms with Crippen molar-refractivity contribution in [1.82, 2.24) is 19.9 Å². The maximum atomic E-state index is 12.2. The quantitative estimate of drug-likeness (QED) is 0.507. The molecule has 2 aromatic heterocycles. The molecule has 0 bridgehead atoms. The highest BCUT2D eigenvalue weighted by molar-refractivity contribution is 7.20. The van der Waals surface area contributed by atoms with Crippen LogP contribution in [0, 0.1) is 0 Å². The Kier molecular flexibility index (Phi) is 6.94. The lowest BCUT2D eigenvalue weighted by molar-refractivity contribution is -0.119. The van der Waals surface area contributed by atoms with Crippen LogP contribution in [0.25, 0.3) is 16.2 Å². The molecule has 2 N–H and O–H groups in total. The number of likely N-dealkylation sites (N-methyl/N-ethyl adjacent to an activating group) is 1. The van der Waals surface area contributed by atoms with Crippen LogP contribution < -0.4 is 15.5 Å². The average Bonchev–Trinajstić information content (AvgIpc) is 3.24. The molecule has 30 heavy (non-hydrogen) atoms. The van der Waals surface area contributed by atoms with Gasteiger partial charge in [0.25, 0.3) is 0 Å². The third kappa shape index (κ3) is 5.48. The van der Waals surface area contributed by atoms with E-state index in [0.717, 1.165) is 33.6 Å². The van der Waals surface area contributed by atoms with Gasteiger partial charge in [-0.15, -0.1) is 5.10 Å². The number of imidazole rings is 1. The van der Waals surface area contributed by atoms with Crippen molar-refractivity contribution in [2.45, 2.75) is 32.7 Å². The Morgan fingerprint density at radius 1 is 1.27 bits per heavy atom. The van der Waals surface area contributed by atoms with Crippen LogP contribution in [0.1, 0.15) is 27.2 Å². The SMILES string of the molecule is COCCCNC(=O)CN(C)c1nn2c(NC(C)(C)C)c(-c3ccccc3)nc2s1. The van der Waals surface area contributed by atoms with Gasteiger partial charge in [0, 0.05) is 38.4 Å². The van der Waals surface area contributed by atoms with Gasteiger partial charge in [-0.25, -0.2) is 4.98 Å². The Morgan fingerprint density at radius 2 is 2.00 bits per heavy atom. The van der Waals surface area contributed by atoms with Crippen molar-refractivity contribution in [3.8, 4) is 11.3 Å². The summed E-state index contributed by atoms with van der Waals surface area (Å²) < 4.78 is 6.83. The van der Waals surface area contributed by atoms with Gasteiger partial charge in [-0.1, -0.05) is 41.7 Å². The molecule has 0 radical (unpaired) electrons. The number of carbonyl (C=O) groups excluding carboxylic acids is 1. The van der Waals surface area contributed by atoms with E-state index in [2.05, 4.69) is 31.4 Å². The van der Waals surface area contributed by atoms with Crippen molar-refractivity contribution in [2.75, 3.05) is 44.1 Å². The highest BCUT2D eigenvalue weighted by Gasteiger charge is 2.23. The Balaban J connectivity index is 1.82. The van der Waals surface area contributed by atoms with Crippen LogP contribution in [0.5, 0.6) is 0 Å². The zero-order valence-corrected chi connectivity index (χ0v) is 19.0. The van der Waals surface area contributed by atoms with Gasteiger partial charge in [-0.3, -0.25) is 4.79 Å². The highest BCUT2D eigenvalue weighted by atomic mass is 32.1. The van der Waals surface area contributed by atoms with E-state index in [0.29, 0.717) is 13.2 Å². The average molecular weight is 431 g/mol. The largest absolute Gasteiger partial charge is 0.385 e. The lowest BCUT2D eigenvalue weighted by atomic mass is 10.1. The standard InChI is InChI=1S/C21H30N6O2S/c1-21(2,3)24-18-17(15-10-7-6-8-11-15)23-19-27(18)25-20(30-19)26(4)14-16(28)22-12-9-13-29-5/h6-8,10-11,24H,9,12-14H2,1-5H3,(H,22,28). The Labute approximate surface area is 181 Å². The zero-order chi connectivity index (χ0) is 21.7. The molecule has 3 aromatic rings. The summed E-state index contributed by atoms with van der Waals surface area (Å²) in [6.45, 7) is 7.78. The molecule has 9 heteroatoms. The molecule has 0 aliphatic carbocycles. The molecule has 0 saturated heterocycles. The third-order valence-electron chi connectivity index (χ3n) is 4.29. The molecular formula is C21H30N6O2S. The van der Waals surface area contributed by atoms with Crippen LogP contribution >= 0.6 is 11.3 Å². The minimum atomic E-state index is -0.155. The number of amides is 1. The second-order valence-electron chi connectivity index (χ2n) is 8.18. The molecule has 3 rings (SSSR count). The summed E-state index contributed by atoms with van der Waals surface area (Å²) in [5.41, 5.74) is 1.75. The van der Waals surface area contributed by atoms with Crippen molar-refractivity contribution in [3.63, 3.8) is 0 Å². The van der Waals surface area contributed by atoms with Crippen molar-refractivity contribution in [2.24, 2.45) is 0 Å². The van der Waals surface area contributed by atoms with Gasteiger partial charge in [0.2, 0.25) is 16.0 Å². The van der Waals surface area contributed by atoms with Crippen LogP contribution in [0.4, 0.5) is 10.9 Å². The predicted octanol–water partition coefficient (Wildman–Crippen LogP) is 3.26. The number of nitrogens with one attached hydrogen (secondary N) is 2. The molecule has 0 atom stereocenters. The fourth-order valence-corrected chi connectivity index (χ4v) is 3.80. The number of aromatic nitrogens is 3. The maximum absolute atomic E-state index is 12.2. The van der Waals surface area contributed by atoms with E-state index in [9.17, 15) is 4.79 Å². The van der Waals surface area contributed by atoms with Gasteiger partial charge in [-0.05, 0) is 27.2 Å². The maximum Gasteiger partial charge on any atom is 0.239 e. The first-order valence-corrected chi connectivity index (χ1v) is 10.8. The van der Waals surface area contributed by atoms with Gasteiger partial charge in [0.05, 0.1) is 6.54 Å². The molecule has 162 valence electrons. The van der Waals surface area contributed by atoms with Crippen LogP contribution in [0.15, 0.2) is 30.3 Å². The van der Waals surface area contributed by atoms with E-state index in [-0.39, 0.29) is 18.0 Å². The fraction of sp³-hybridized carbons (Fsp3) is 0.476. The summed E-state index contributed by atoms with van der Waals surface area (Å²) in [5.74, 6) is 0.808. The van der Waals surface area contributed by atoms with Gasteiger partial charge in [0.1, 0.15) is 5.69 Å². The molecule has 8 nitrogen and oxygen atoms in total. The van der Waals surface area contributed by atoms with Crippen molar-refractivity contribution < 1.29 is 9.53 Å². The van der Waals surface area contributed by atoms with E-state index in [1.165, 1.54) is 11.3 Å². The van der Waals surface area contributed by atoms with Gasteiger partial charge < -0.3 is 20.3 Å². The molecule has 0 aliphatic heterocycles. The lowest BCUT2D eigenvalue weighted by Gasteiger charge is -2.22. The molecule has 0 spiro atoms. The normalized spacial score (nSPS) is 11.6. The smallest absolute Gasteiger partial charge is 0.239 e. The summed E-state index contributed by atoms with van der Waals surface area (Å²) in [4.78, 5) is 19.6. The van der Waals surface area contributed by atoms with Gasteiger partial charge in [-0.2, -0.15) is 4.52 Å². The molecule has 0 unspecified atom stereocenters. The molecule has 0 fully saturated rings. The predicted molar refractivity (Wildman–Crippen MR) is 122 cm³/mol. The number of anilines is 2. The summed E-state index contributed by atoms with van der Waals surface area (Å²) in [5, 5.41) is 11.9. The molecule has 1 aromatic carbocycles. The van der Waals surface area contributed by atoms with E-state index in [1.54, 1.807) is 7.11 Å². The second kappa shape index (κ2) is 9.44. The summed E-state index contributed by atoms with van der Waals surface area (Å²) in [6, 6.07) is 10.1. The summed E-state index contributed by atoms with van der Waals surface area (Å²) in [7, 11) is 3.52. The Morgan fingerprint density at radius 3 is 2.67 bits per heavy atom. The lowest BCUT2D eigenvalue weighted by Crippen LogP contribution is -2.35. The number of hydrogen-bond acceptors (Lipinski definition) is 7. The zero-order valence-electron chi connectivity index (χ0n) is 18.2. The second-order valence-corrected chi connectivity index (χ2v) is 9.12. The van der Waals surface area contributed by atoms with Gasteiger partial charge >= 0.3 is 0 Å². The first-order chi connectivity index (χ1) is 14.3. The van der Waals surface area contributed by atoms with E-state index < -0.39 is 0 Å². The van der Waals surface area contributed by atoms with E-state index in [4.69, 9.17) is 14.8 Å². The van der Waals surface area contributed by atoms with Crippen molar-refractivity contribution in [3.05, 3.63) is 30.3 Å². The number of benzene rings is 1. The van der Waals surface area contributed by atoms with Crippen LogP contribution in [0.2, 0.25) is 0 Å². The monoisotopic (exact) mass is 430 g/mol. The minimum absolute atomic E-state index is 0.0422. The topological polar surface area (TPSA) is 83.8 Å². The molecule has 2 heterocycles. The number of hydrogen-bond donors (Lipinski definition) is 2. The van der Waals surface area contributed by atoms with E-state index >= 15 is 0 Å². The number of fused-ring (bicyclic) bond motifs is 1. The first-order valence-electron chi connectivity index (χ1n) is 9.98. The van der Waals surface area contributed by atoms with Gasteiger partial charge in [0.15, 0.2) is 5.82 Å². The van der Waals surface area contributed by atoms with Crippen LogP contribution in [-0.2, 0) is 9.53 Å². The third-order valence-corrected chi connectivity index (χ3v) is 5.31. The molecule has 1 amide bonds. The van der Waals surface area contributed by atoms with Crippen LogP contribution in [-0.4, -0.2) is 59.9 Å². The first kappa shape index (κ1) is 22.0. The fourth-order valence-electron chi connectivity index (χ4n) is 2.94. The Bertz CT molecular complexity index is 977. The molecule has 0 aliphatic rings. The van der Waals surface area contributed by atoms with Crippen LogP contribution in [0.3, 0.4) is 0 Å². The van der Waals surface area contributed by atoms with Crippen molar-refractivity contribution >= 4 is 33.2 Å². The number of ether oxygens (including phenoxy) is 1. The summed E-state index contributed by atoms with van der Waals surface area (Å²) >= 11 is 1.46. The number of carbonyl (C=O) groups is 1. The highest BCUT2D eigenvalue weighted by Crippen LogP contribution is 2.34. The molecule has 0 saturated carbocycles.